The third-order valence-electron chi connectivity index (χ3n) is 7.61. The lowest BCUT2D eigenvalue weighted by Crippen LogP contribution is -2.57. The Bertz CT molecular complexity index is 1260. The van der Waals surface area contributed by atoms with Gasteiger partial charge in [-0.05, 0) is 36.2 Å². The number of unbranched alkanes of at least 4 members (excludes halogenated alkanes) is 4. The fourth-order valence-electron chi connectivity index (χ4n) is 5.49. The maximum Gasteiger partial charge on any atom is 0.244 e. The normalized spacial score (nSPS) is 27.4. The van der Waals surface area contributed by atoms with Crippen LogP contribution in [0.3, 0.4) is 0 Å². The Labute approximate surface area is 222 Å². The lowest BCUT2D eigenvalue weighted by Gasteiger charge is -2.48. The molecular weight excluding hydrogens is 488 g/mol. The summed E-state index contributed by atoms with van der Waals surface area (Å²) in [6.45, 7) is 4.46. The van der Waals surface area contributed by atoms with Crippen molar-refractivity contribution in [2.24, 2.45) is 16.7 Å². The maximum atomic E-state index is 10.4. The Balaban J connectivity index is 1.71. The highest BCUT2D eigenvalue weighted by Crippen LogP contribution is 2.69. The van der Waals surface area contributed by atoms with Crippen molar-refractivity contribution in [1.82, 2.24) is 0 Å². The number of nitrogens with one attached hydrogen (secondary N) is 1. The second-order valence-corrected chi connectivity index (χ2v) is 10.0. The van der Waals surface area contributed by atoms with Gasteiger partial charge < -0.3 is 14.2 Å². The van der Waals surface area contributed by atoms with Crippen molar-refractivity contribution < 1.29 is 14.2 Å². The van der Waals surface area contributed by atoms with Gasteiger partial charge in [0.05, 0.1) is 30.7 Å². The van der Waals surface area contributed by atoms with Gasteiger partial charge in [0.15, 0.2) is 5.41 Å². The molecule has 0 aromatic heterocycles. The summed E-state index contributed by atoms with van der Waals surface area (Å²) in [7, 11) is 0. The van der Waals surface area contributed by atoms with Crippen molar-refractivity contribution in [2.75, 3.05) is 6.61 Å². The van der Waals surface area contributed by atoms with E-state index in [-0.39, 0.29) is 0 Å². The maximum absolute atomic E-state index is 10.4. The first-order chi connectivity index (χ1) is 17.8. The van der Waals surface area contributed by atoms with Gasteiger partial charge in [-0.2, -0.15) is 15.8 Å². The summed E-state index contributed by atoms with van der Waals surface area (Å²) in [6.07, 6.45) is 4.51. The zero-order valence-electron chi connectivity index (χ0n) is 21.0. The Morgan fingerprint density at radius 1 is 0.946 bits per heavy atom. The topological polar surface area (TPSA) is 123 Å². The molecule has 37 heavy (non-hydrogen) atoms. The van der Waals surface area contributed by atoms with Gasteiger partial charge in [0.2, 0.25) is 17.1 Å². The fraction of sp³-hybridized carbons (Fsp3) is 0.448. The second kappa shape index (κ2) is 10.4. The molecule has 0 aliphatic carbocycles. The van der Waals surface area contributed by atoms with E-state index in [1.807, 2.05) is 0 Å². The first kappa shape index (κ1) is 26.5. The Morgan fingerprint density at radius 3 is 2.19 bits per heavy atom. The van der Waals surface area contributed by atoms with Gasteiger partial charge in [0, 0.05) is 10.6 Å². The molecule has 2 aromatic rings. The molecular formula is C29H29ClN4O3. The molecule has 0 saturated carbocycles. The summed E-state index contributed by atoms with van der Waals surface area (Å²) >= 11 is 6.09. The monoisotopic (exact) mass is 516 g/mol. The van der Waals surface area contributed by atoms with Gasteiger partial charge in [0.1, 0.15) is 11.9 Å². The van der Waals surface area contributed by atoms with E-state index in [1.165, 1.54) is 19.3 Å². The second-order valence-electron chi connectivity index (χ2n) is 9.61. The number of benzene rings is 2. The smallest absolute Gasteiger partial charge is 0.244 e. The van der Waals surface area contributed by atoms with Gasteiger partial charge in [0.25, 0.3) is 0 Å². The number of fused-ring (bicyclic) bond motifs is 2. The van der Waals surface area contributed by atoms with Gasteiger partial charge in [-0.1, -0.05) is 75.4 Å². The van der Waals surface area contributed by atoms with Crippen LogP contribution in [0.4, 0.5) is 0 Å². The summed E-state index contributed by atoms with van der Waals surface area (Å²) in [4.78, 5) is 0. The molecule has 2 bridgehead atoms. The van der Waals surface area contributed by atoms with E-state index < -0.39 is 34.5 Å². The molecule has 7 nitrogen and oxygen atoms in total. The van der Waals surface area contributed by atoms with E-state index >= 15 is 0 Å². The predicted molar refractivity (Wildman–Crippen MR) is 137 cm³/mol. The van der Waals surface area contributed by atoms with E-state index in [0.29, 0.717) is 28.5 Å². The SMILES string of the molecule is CCCCCCCOc1ccc(C2OC3(c4ccc(Cl)cc4)OC(=N)C(C#N)(C3C)C2(C#N)C#N)cc1. The highest BCUT2D eigenvalue weighted by molar-refractivity contribution is 6.30. The number of nitriles is 3. The molecule has 2 fully saturated rings. The van der Waals surface area contributed by atoms with Crippen LogP contribution in [0.15, 0.2) is 48.5 Å². The lowest BCUT2D eigenvalue weighted by molar-refractivity contribution is -0.288. The quantitative estimate of drug-likeness (QED) is 0.365. The minimum atomic E-state index is -2.02. The minimum absolute atomic E-state index is 0.453. The Hall–Kier alpha value is -3.57. The number of halogens is 1. The van der Waals surface area contributed by atoms with Crippen LogP contribution in [0.25, 0.3) is 0 Å². The highest BCUT2D eigenvalue weighted by Gasteiger charge is 2.79. The number of ether oxygens (including phenoxy) is 3. The number of hydrogen-bond donors (Lipinski definition) is 1. The summed E-state index contributed by atoms with van der Waals surface area (Å²) in [6, 6.07) is 20.0. The number of rotatable bonds is 9. The Kier molecular flexibility index (Phi) is 7.47. The zero-order chi connectivity index (χ0) is 26.7. The van der Waals surface area contributed by atoms with Gasteiger partial charge in [-0.25, -0.2) is 0 Å². The molecule has 2 heterocycles. The highest BCUT2D eigenvalue weighted by atomic mass is 35.5. The van der Waals surface area contributed by atoms with E-state index in [1.54, 1.807) is 55.5 Å². The number of nitrogens with zero attached hydrogens (tertiary/aromatic N) is 3. The average Bonchev–Trinajstić information content (AvgIpc) is 3.07. The van der Waals surface area contributed by atoms with E-state index in [0.717, 1.165) is 12.8 Å². The first-order valence-corrected chi connectivity index (χ1v) is 12.9. The van der Waals surface area contributed by atoms with Gasteiger partial charge in [-0.15, -0.1) is 0 Å². The van der Waals surface area contributed by atoms with Crippen molar-refractivity contribution in [2.45, 2.75) is 57.8 Å². The molecule has 190 valence electrons. The predicted octanol–water partition coefficient (Wildman–Crippen LogP) is 6.80. The van der Waals surface area contributed by atoms with Crippen molar-refractivity contribution >= 4 is 17.5 Å². The molecule has 2 aromatic carbocycles. The van der Waals surface area contributed by atoms with Crippen LogP contribution >= 0.6 is 11.6 Å². The molecule has 0 amide bonds. The molecule has 2 aliphatic rings. The molecule has 4 unspecified atom stereocenters. The van der Waals surface area contributed by atoms with Crippen LogP contribution in [0.2, 0.25) is 5.02 Å². The standard InChI is InChI=1S/C29H29ClN4O3/c1-3-4-5-6-7-16-35-24-14-8-21(9-15-24)25-27(17-31,18-32)28(19-33)20(2)29(36-25,37-26(28)34)22-10-12-23(30)13-11-22/h8-15,20,25,34H,3-7,16H2,1-2H3. The molecule has 2 aliphatic heterocycles. The van der Waals surface area contributed by atoms with E-state index in [9.17, 15) is 15.8 Å². The van der Waals surface area contributed by atoms with E-state index in [4.69, 9.17) is 31.2 Å². The van der Waals surface area contributed by atoms with Crippen LogP contribution in [-0.2, 0) is 15.3 Å². The fourth-order valence-corrected chi connectivity index (χ4v) is 5.61. The van der Waals surface area contributed by atoms with Crippen LogP contribution in [-0.4, -0.2) is 12.5 Å². The van der Waals surface area contributed by atoms with Crippen molar-refractivity contribution in [3.63, 3.8) is 0 Å². The van der Waals surface area contributed by atoms with Crippen LogP contribution in [0.1, 0.15) is 63.2 Å². The molecule has 0 spiro atoms. The molecule has 4 atom stereocenters. The van der Waals surface area contributed by atoms with Crippen LogP contribution < -0.4 is 4.74 Å². The molecule has 0 radical (unpaired) electrons. The van der Waals surface area contributed by atoms with Crippen molar-refractivity contribution in [1.29, 1.82) is 21.2 Å². The average molecular weight is 517 g/mol. The van der Waals surface area contributed by atoms with E-state index in [2.05, 4.69) is 25.1 Å². The summed E-state index contributed by atoms with van der Waals surface area (Å²) in [5.74, 6) is -2.17. The summed E-state index contributed by atoms with van der Waals surface area (Å²) < 4.78 is 18.4. The molecule has 8 heteroatoms. The van der Waals surface area contributed by atoms with Crippen LogP contribution in [0.5, 0.6) is 5.75 Å². The third kappa shape index (κ3) is 4.02. The van der Waals surface area contributed by atoms with Crippen molar-refractivity contribution in [3.05, 3.63) is 64.7 Å². The zero-order valence-corrected chi connectivity index (χ0v) is 21.7. The minimum Gasteiger partial charge on any atom is -0.494 e. The number of hydrogen-bond acceptors (Lipinski definition) is 7. The van der Waals surface area contributed by atoms with Crippen molar-refractivity contribution in [3.8, 4) is 24.0 Å². The van der Waals surface area contributed by atoms with Gasteiger partial charge in [-0.3, -0.25) is 5.41 Å². The first-order valence-electron chi connectivity index (χ1n) is 12.5. The summed E-state index contributed by atoms with van der Waals surface area (Å²) in [5, 5.41) is 40.4. The largest absolute Gasteiger partial charge is 0.494 e. The third-order valence-corrected chi connectivity index (χ3v) is 7.87. The lowest BCUT2D eigenvalue weighted by atomic mass is 9.53. The van der Waals surface area contributed by atoms with Gasteiger partial charge >= 0.3 is 0 Å². The molecule has 2 saturated heterocycles. The molecule has 4 rings (SSSR count). The Morgan fingerprint density at radius 2 is 1.59 bits per heavy atom. The summed E-state index contributed by atoms with van der Waals surface area (Å²) in [5.41, 5.74) is -2.82. The molecule has 1 N–H and O–H groups in total. The van der Waals surface area contributed by atoms with Crippen LogP contribution in [0, 0.1) is 56.2 Å².